The van der Waals surface area contributed by atoms with Crippen LogP contribution in [-0.2, 0) is 6.61 Å². The van der Waals surface area contributed by atoms with Crippen LogP contribution in [0.3, 0.4) is 0 Å². The van der Waals surface area contributed by atoms with Crippen LogP contribution >= 0.6 is 22.6 Å². The number of hydrogen-bond donors (Lipinski definition) is 0. The third-order valence-corrected chi connectivity index (χ3v) is 8.10. The van der Waals surface area contributed by atoms with Gasteiger partial charge in [-0.2, -0.15) is 9.78 Å². The molecule has 0 bridgehead atoms. The number of hydrogen-bond acceptors (Lipinski definition) is 6. The fraction of sp³-hybridized carbons (Fsp3) is 0.0571. The molecule has 7 aromatic rings. The molecule has 5 aromatic carbocycles. The first kappa shape index (κ1) is 26.9. The Hall–Kier alpha value is -4.96. The van der Waals surface area contributed by atoms with E-state index in [1.54, 1.807) is 25.5 Å². The molecule has 2 heterocycles. The average Bonchev–Trinajstić information content (AvgIpc) is 3.48. The van der Waals surface area contributed by atoms with Crippen LogP contribution in [0.1, 0.15) is 11.1 Å². The van der Waals surface area contributed by atoms with E-state index < -0.39 is 0 Å². The van der Waals surface area contributed by atoms with E-state index in [-0.39, 0.29) is 5.56 Å². The summed E-state index contributed by atoms with van der Waals surface area (Å²) < 4.78 is 20.0. The molecule has 2 aromatic heterocycles. The van der Waals surface area contributed by atoms with Gasteiger partial charge in [-0.3, -0.25) is 4.79 Å². The first-order chi connectivity index (χ1) is 21.1. The number of ether oxygens (including phenoxy) is 2. The van der Waals surface area contributed by atoms with Gasteiger partial charge in [0.05, 0.1) is 33.2 Å². The predicted molar refractivity (Wildman–Crippen MR) is 178 cm³/mol. The maximum Gasteiger partial charge on any atom is 0.282 e. The minimum absolute atomic E-state index is 0.294. The van der Waals surface area contributed by atoms with E-state index >= 15 is 0 Å². The van der Waals surface area contributed by atoms with Crippen molar-refractivity contribution in [1.82, 2.24) is 9.66 Å². The molecule has 0 atom stereocenters. The second-order valence-electron chi connectivity index (χ2n) is 9.91. The monoisotopic (exact) mass is 677 g/mol. The summed E-state index contributed by atoms with van der Waals surface area (Å²) in [7, 11) is 1.61. The quantitative estimate of drug-likeness (QED) is 0.126. The molecule has 0 aliphatic carbocycles. The van der Waals surface area contributed by atoms with Crippen molar-refractivity contribution < 1.29 is 13.9 Å². The Morgan fingerprint density at radius 2 is 1.65 bits per heavy atom. The highest BCUT2D eigenvalue weighted by atomic mass is 127. The molecule has 0 unspecified atom stereocenters. The largest absolute Gasteiger partial charge is 0.496 e. The van der Waals surface area contributed by atoms with Crippen LogP contribution in [-0.4, -0.2) is 23.0 Å². The molecule has 210 valence electrons. The zero-order valence-corrected chi connectivity index (χ0v) is 25.2. The van der Waals surface area contributed by atoms with Gasteiger partial charge in [-0.15, -0.1) is 0 Å². The van der Waals surface area contributed by atoms with Crippen molar-refractivity contribution in [2.45, 2.75) is 6.61 Å². The number of furan rings is 1. The van der Waals surface area contributed by atoms with Crippen molar-refractivity contribution in [3.8, 4) is 23.1 Å². The maximum absolute atomic E-state index is 13.6. The molecule has 0 aliphatic heterocycles. The van der Waals surface area contributed by atoms with Crippen LogP contribution in [0.15, 0.2) is 124 Å². The van der Waals surface area contributed by atoms with Crippen molar-refractivity contribution in [1.29, 1.82) is 0 Å². The number of fused-ring (bicyclic) bond motifs is 3. The third-order valence-electron chi connectivity index (χ3n) is 7.26. The van der Waals surface area contributed by atoms with Gasteiger partial charge in [-0.1, -0.05) is 60.7 Å². The lowest BCUT2D eigenvalue weighted by molar-refractivity contribution is 0.305. The summed E-state index contributed by atoms with van der Waals surface area (Å²) >= 11 is 2.26. The molecule has 0 aliphatic rings. The van der Waals surface area contributed by atoms with Gasteiger partial charge in [0.25, 0.3) is 5.56 Å². The fourth-order valence-corrected chi connectivity index (χ4v) is 5.82. The van der Waals surface area contributed by atoms with E-state index in [0.717, 1.165) is 25.8 Å². The van der Waals surface area contributed by atoms with Crippen molar-refractivity contribution in [2.75, 3.05) is 7.11 Å². The molecule has 7 rings (SSSR count). The highest BCUT2D eigenvalue weighted by molar-refractivity contribution is 14.1. The van der Waals surface area contributed by atoms with E-state index in [0.29, 0.717) is 40.4 Å². The molecule has 0 fully saturated rings. The Bertz CT molecular complexity index is 2230. The van der Waals surface area contributed by atoms with Gasteiger partial charge in [0.1, 0.15) is 23.7 Å². The van der Waals surface area contributed by atoms with Crippen LogP contribution in [0.4, 0.5) is 0 Å². The lowest BCUT2D eigenvalue weighted by atomic mass is 10.1. The Kier molecular flexibility index (Phi) is 7.12. The maximum atomic E-state index is 13.6. The Morgan fingerprint density at radius 3 is 2.51 bits per heavy atom. The van der Waals surface area contributed by atoms with E-state index in [2.05, 4.69) is 52.0 Å². The number of methoxy groups -OCH3 is 1. The van der Waals surface area contributed by atoms with Gasteiger partial charge in [0, 0.05) is 0 Å². The Morgan fingerprint density at radius 1 is 0.860 bits per heavy atom. The van der Waals surface area contributed by atoms with E-state index in [4.69, 9.17) is 18.9 Å². The summed E-state index contributed by atoms with van der Waals surface area (Å²) in [6, 6.07) is 34.9. The van der Waals surface area contributed by atoms with Gasteiger partial charge in [0.15, 0.2) is 5.76 Å². The number of rotatable bonds is 7. The fourth-order valence-electron chi connectivity index (χ4n) is 5.13. The molecule has 0 saturated carbocycles. The summed E-state index contributed by atoms with van der Waals surface area (Å²) in [6.07, 6.45) is 1.64. The summed E-state index contributed by atoms with van der Waals surface area (Å²) in [5, 5.41) is 8.20. The van der Waals surface area contributed by atoms with Crippen molar-refractivity contribution >= 4 is 61.5 Å². The first-order valence-electron chi connectivity index (χ1n) is 13.6. The molecule has 0 radical (unpaired) electrons. The van der Waals surface area contributed by atoms with Crippen molar-refractivity contribution in [2.24, 2.45) is 5.10 Å². The second kappa shape index (κ2) is 11.4. The molecular formula is C35H24IN3O4. The summed E-state index contributed by atoms with van der Waals surface area (Å²) in [6.45, 7) is 0.453. The topological polar surface area (TPSA) is 78.9 Å². The number of halogens is 1. The lowest BCUT2D eigenvalue weighted by Gasteiger charge is -2.11. The highest BCUT2D eigenvalue weighted by Gasteiger charge is 2.18. The smallest absolute Gasteiger partial charge is 0.282 e. The standard InChI is InChI=1S/C35H24IN3O4/c1-41-30-14-7-15-31-27(30)19-33(43-31)34-38-29-13-5-4-12-26(29)35(40)39(34)37-20-22-16-17-32(28(36)18-22)42-21-24-10-6-9-23-8-2-3-11-25(23)24/h2-20H,21H2,1H3. The van der Waals surface area contributed by atoms with Gasteiger partial charge in [-0.05, 0) is 93.0 Å². The number of benzene rings is 5. The normalized spacial score (nSPS) is 11.6. The van der Waals surface area contributed by atoms with E-state index in [9.17, 15) is 4.79 Å². The van der Waals surface area contributed by atoms with Crippen molar-refractivity contribution in [3.63, 3.8) is 0 Å². The summed E-state index contributed by atoms with van der Waals surface area (Å²) in [5.74, 6) is 2.14. The average molecular weight is 677 g/mol. The van der Waals surface area contributed by atoms with Crippen molar-refractivity contribution in [3.05, 3.63) is 134 Å². The molecule has 0 spiro atoms. The lowest BCUT2D eigenvalue weighted by Crippen LogP contribution is -2.20. The van der Waals surface area contributed by atoms with Gasteiger partial charge in [0.2, 0.25) is 5.82 Å². The van der Waals surface area contributed by atoms with Crippen LogP contribution in [0.2, 0.25) is 0 Å². The molecule has 0 saturated heterocycles. The van der Waals surface area contributed by atoms with E-state index in [1.165, 1.54) is 15.4 Å². The minimum atomic E-state index is -0.297. The first-order valence-corrected chi connectivity index (χ1v) is 14.7. The molecule has 7 nitrogen and oxygen atoms in total. The van der Waals surface area contributed by atoms with Crippen LogP contribution in [0, 0.1) is 3.57 Å². The molecule has 0 amide bonds. The summed E-state index contributed by atoms with van der Waals surface area (Å²) in [5.41, 5.74) is 2.82. The second-order valence-corrected chi connectivity index (χ2v) is 11.1. The number of nitrogens with zero attached hydrogens (tertiary/aromatic N) is 3. The zero-order valence-electron chi connectivity index (χ0n) is 23.0. The molecular weight excluding hydrogens is 653 g/mol. The van der Waals surface area contributed by atoms with Crippen LogP contribution in [0.25, 0.3) is 44.2 Å². The van der Waals surface area contributed by atoms with Gasteiger partial charge >= 0.3 is 0 Å². The van der Waals surface area contributed by atoms with Gasteiger partial charge < -0.3 is 13.9 Å². The third kappa shape index (κ3) is 5.14. The SMILES string of the molecule is COc1cccc2oc(-c3nc4ccccc4c(=O)n3N=Cc3ccc(OCc4cccc5ccccc45)c(I)c3)cc12. The molecule has 8 heteroatoms. The van der Waals surface area contributed by atoms with Crippen LogP contribution < -0.4 is 15.0 Å². The minimum Gasteiger partial charge on any atom is -0.496 e. The predicted octanol–water partition coefficient (Wildman–Crippen LogP) is 8.04. The molecule has 0 N–H and O–H groups in total. The number of para-hydroxylation sites is 1. The zero-order chi connectivity index (χ0) is 29.3. The Labute approximate surface area is 260 Å². The van der Waals surface area contributed by atoms with Gasteiger partial charge in [-0.25, -0.2) is 4.98 Å². The molecule has 43 heavy (non-hydrogen) atoms. The Balaban J connectivity index is 1.22. The van der Waals surface area contributed by atoms with E-state index in [1.807, 2.05) is 72.8 Å². The highest BCUT2D eigenvalue weighted by Crippen LogP contribution is 2.33. The number of aromatic nitrogens is 2. The van der Waals surface area contributed by atoms with Crippen LogP contribution in [0.5, 0.6) is 11.5 Å². The summed E-state index contributed by atoms with van der Waals surface area (Å²) in [4.78, 5) is 18.4.